The van der Waals surface area contributed by atoms with Crippen molar-refractivity contribution in [2.24, 2.45) is 0 Å². The third-order valence-corrected chi connectivity index (χ3v) is 5.40. The molecule has 0 aliphatic carbocycles. The van der Waals surface area contributed by atoms with Crippen molar-refractivity contribution in [1.82, 2.24) is 0 Å². The highest BCUT2D eigenvalue weighted by Gasteiger charge is 2.27. The fourth-order valence-corrected chi connectivity index (χ4v) is 3.83. The number of amides is 2. The smallest absolute Gasteiger partial charge is 0.340 e. The number of halogens is 1. The van der Waals surface area contributed by atoms with Crippen LogP contribution in [0.2, 0.25) is 5.02 Å². The van der Waals surface area contributed by atoms with E-state index >= 15 is 0 Å². The number of hydrogen-bond donors (Lipinski definition) is 1. The van der Waals surface area contributed by atoms with Crippen LogP contribution >= 0.6 is 11.6 Å². The first-order valence-corrected chi connectivity index (χ1v) is 10.6. The van der Waals surface area contributed by atoms with Gasteiger partial charge in [-0.3, -0.25) is 9.59 Å². The van der Waals surface area contributed by atoms with Crippen molar-refractivity contribution in [3.8, 4) is 11.1 Å². The Morgan fingerprint density at radius 1 is 1.00 bits per heavy atom. The predicted octanol–water partition coefficient (Wildman–Crippen LogP) is 4.93. The second-order valence-corrected chi connectivity index (χ2v) is 7.78. The molecule has 1 N–H and O–H groups in total. The van der Waals surface area contributed by atoms with Gasteiger partial charge in [0.2, 0.25) is 5.91 Å². The fraction of sp³-hybridized carbons (Fsp3) is 0.160. The highest BCUT2D eigenvalue weighted by Crippen LogP contribution is 2.30. The first-order valence-electron chi connectivity index (χ1n) is 10.2. The second-order valence-electron chi connectivity index (χ2n) is 7.35. The van der Waals surface area contributed by atoms with Crippen molar-refractivity contribution >= 4 is 40.8 Å². The Morgan fingerprint density at radius 3 is 2.50 bits per heavy atom. The lowest BCUT2D eigenvalue weighted by molar-refractivity contribution is -0.119. The van der Waals surface area contributed by atoms with Gasteiger partial charge in [-0.2, -0.15) is 0 Å². The van der Waals surface area contributed by atoms with Crippen LogP contribution < -0.4 is 10.2 Å². The summed E-state index contributed by atoms with van der Waals surface area (Å²) in [6, 6.07) is 21.7. The molecule has 1 aliphatic heterocycles. The van der Waals surface area contributed by atoms with Crippen LogP contribution in [0.4, 0.5) is 11.4 Å². The van der Waals surface area contributed by atoms with Crippen molar-refractivity contribution in [3.05, 3.63) is 83.4 Å². The number of carbonyl (C=O) groups is 3. The Balaban J connectivity index is 1.45. The molecule has 2 amide bonds. The molecule has 3 aromatic rings. The average Bonchev–Trinajstić information content (AvgIpc) is 3.24. The van der Waals surface area contributed by atoms with Crippen molar-refractivity contribution in [2.75, 3.05) is 23.4 Å². The van der Waals surface area contributed by atoms with Crippen molar-refractivity contribution in [1.29, 1.82) is 0 Å². The van der Waals surface area contributed by atoms with Gasteiger partial charge in [0.15, 0.2) is 6.61 Å². The largest absolute Gasteiger partial charge is 0.452 e. The van der Waals surface area contributed by atoms with E-state index in [0.29, 0.717) is 35.8 Å². The zero-order chi connectivity index (χ0) is 22.5. The number of esters is 1. The molecule has 1 aliphatic rings. The summed E-state index contributed by atoms with van der Waals surface area (Å²) in [6.45, 7) is 0.0498. The van der Waals surface area contributed by atoms with Gasteiger partial charge in [0.1, 0.15) is 0 Å². The van der Waals surface area contributed by atoms with Gasteiger partial charge < -0.3 is 15.0 Å². The Morgan fingerprint density at radius 2 is 1.75 bits per heavy atom. The van der Waals surface area contributed by atoms with Crippen LogP contribution in [0.1, 0.15) is 23.2 Å². The molecule has 0 spiro atoms. The molecule has 0 bridgehead atoms. The van der Waals surface area contributed by atoms with Crippen molar-refractivity contribution in [3.63, 3.8) is 0 Å². The molecular formula is C25H21ClN2O4. The van der Waals surface area contributed by atoms with Crippen molar-refractivity contribution in [2.45, 2.75) is 12.8 Å². The number of anilines is 2. The maximum atomic E-state index is 12.7. The number of benzene rings is 3. The number of hydrogen-bond acceptors (Lipinski definition) is 4. The average molecular weight is 449 g/mol. The monoisotopic (exact) mass is 448 g/mol. The van der Waals surface area contributed by atoms with E-state index in [2.05, 4.69) is 5.32 Å². The van der Waals surface area contributed by atoms with E-state index in [1.54, 1.807) is 18.2 Å². The summed E-state index contributed by atoms with van der Waals surface area (Å²) in [6.07, 6.45) is 1.13. The number of rotatable bonds is 6. The van der Waals surface area contributed by atoms with E-state index in [1.165, 1.54) is 11.0 Å². The molecule has 0 unspecified atom stereocenters. The number of para-hydroxylation sites is 1. The molecule has 4 rings (SSSR count). The van der Waals surface area contributed by atoms with E-state index in [9.17, 15) is 14.4 Å². The topological polar surface area (TPSA) is 75.7 Å². The predicted molar refractivity (Wildman–Crippen MR) is 124 cm³/mol. The van der Waals surface area contributed by atoms with E-state index in [-0.39, 0.29) is 11.5 Å². The Kier molecular flexibility index (Phi) is 6.52. The van der Waals surface area contributed by atoms with Crippen LogP contribution in [-0.2, 0) is 14.3 Å². The molecule has 0 radical (unpaired) electrons. The summed E-state index contributed by atoms with van der Waals surface area (Å²) in [5.41, 5.74) is 3.04. The standard InChI is InChI=1S/C25H21ClN2O4/c26-18-12-13-20(22(15-18)28-14-6-11-24(28)30)25(31)32-16-23(29)27-21-10-5-4-9-19(21)17-7-2-1-3-8-17/h1-5,7-10,12-13,15H,6,11,14,16H2,(H,27,29). The molecule has 1 saturated heterocycles. The minimum Gasteiger partial charge on any atom is -0.452 e. The summed E-state index contributed by atoms with van der Waals surface area (Å²) in [7, 11) is 0. The molecule has 6 nitrogen and oxygen atoms in total. The maximum Gasteiger partial charge on any atom is 0.340 e. The van der Waals surface area contributed by atoms with E-state index in [1.807, 2.05) is 48.5 Å². The quantitative estimate of drug-likeness (QED) is 0.542. The van der Waals surface area contributed by atoms with Crippen LogP contribution in [0.15, 0.2) is 72.8 Å². The maximum absolute atomic E-state index is 12.7. The van der Waals surface area contributed by atoms with Crippen LogP contribution in [0.5, 0.6) is 0 Å². The van der Waals surface area contributed by atoms with E-state index < -0.39 is 18.5 Å². The normalized spacial score (nSPS) is 13.2. The molecule has 1 fully saturated rings. The molecular weight excluding hydrogens is 428 g/mol. The number of nitrogens with zero attached hydrogens (tertiary/aromatic N) is 1. The number of ether oxygens (including phenoxy) is 1. The lowest BCUT2D eigenvalue weighted by Crippen LogP contribution is -2.27. The third-order valence-electron chi connectivity index (χ3n) is 5.16. The highest BCUT2D eigenvalue weighted by molar-refractivity contribution is 6.31. The third kappa shape index (κ3) is 4.81. The molecule has 0 atom stereocenters. The Labute approximate surface area is 190 Å². The van der Waals surface area contributed by atoms with Gasteiger partial charge in [0, 0.05) is 29.2 Å². The van der Waals surface area contributed by atoms with E-state index in [0.717, 1.165) is 11.1 Å². The van der Waals surface area contributed by atoms with Gasteiger partial charge in [-0.1, -0.05) is 60.1 Å². The van der Waals surface area contributed by atoms with Gasteiger partial charge >= 0.3 is 5.97 Å². The van der Waals surface area contributed by atoms with Gasteiger partial charge in [0.05, 0.1) is 11.3 Å². The Hall–Kier alpha value is -3.64. The van der Waals surface area contributed by atoms with Gasteiger partial charge in [-0.15, -0.1) is 0 Å². The van der Waals surface area contributed by atoms with Crippen LogP contribution in [0.25, 0.3) is 11.1 Å². The zero-order valence-electron chi connectivity index (χ0n) is 17.2. The number of nitrogens with one attached hydrogen (secondary N) is 1. The first kappa shape index (κ1) is 21.6. The minimum absolute atomic E-state index is 0.0726. The van der Waals surface area contributed by atoms with Crippen LogP contribution in [0.3, 0.4) is 0 Å². The summed E-state index contributed by atoms with van der Waals surface area (Å²) in [4.78, 5) is 38.9. The minimum atomic E-state index is -0.692. The molecule has 1 heterocycles. The first-order chi connectivity index (χ1) is 15.5. The summed E-state index contributed by atoms with van der Waals surface area (Å²) in [5, 5.41) is 3.21. The van der Waals surface area contributed by atoms with Gasteiger partial charge in [0.25, 0.3) is 5.91 Å². The Bertz CT molecular complexity index is 1160. The zero-order valence-corrected chi connectivity index (χ0v) is 18.0. The van der Waals surface area contributed by atoms with Gasteiger partial charge in [-0.05, 0) is 36.2 Å². The van der Waals surface area contributed by atoms with Gasteiger partial charge in [-0.25, -0.2) is 4.79 Å². The van der Waals surface area contributed by atoms with Crippen molar-refractivity contribution < 1.29 is 19.1 Å². The number of carbonyl (C=O) groups excluding carboxylic acids is 3. The molecule has 7 heteroatoms. The summed E-state index contributed by atoms with van der Waals surface area (Å²) in [5.74, 6) is -1.23. The second kappa shape index (κ2) is 9.66. The molecule has 32 heavy (non-hydrogen) atoms. The van der Waals surface area contributed by atoms with Crippen LogP contribution in [0, 0.1) is 0 Å². The molecule has 162 valence electrons. The molecule has 0 saturated carbocycles. The lowest BCUT2D eigenvalue weighted by Gasteiger charge is -2.19. The highest BCUT2D eigenvalue weighted by atomic mass is 35.5. The SMILES string of the molecule is O=C(COC(=O)c1ccc(Cl)cc1N1CCCC1=O)Nc1ccccc1-c1ccccc1. The van der Waals surface area contributed by atoms with Crippen LogP contribution in [-0.4, -0.2) is 30.9 Å². The fourth-order valence-electron chi connectivity index (χ4n) is 3.66. The molecule has 0 aromatic heterocycles. The molecule has 3 aromatic carbocycles. The summed E-state index contributed by atoms with van der Waals surface area (Å²) >= 11 is 6.08. The van der Waals surface area contributed by atoms with E-state index in [4.69, 9.17) is 16.3 Å². The lowest BCUT2D eigenvalue weighted by atomic mass is 10.0. The summed E-state index contributed by atoms with van der Waals surface area (Å²) < 4.78 is 5.25.